The molecule has 1 saturated carbocycles. The van der Waals surface area contributed by atoms with Crippen molar-refractivity contribution in [1.29, 1.82) is 0 Å². The highest BCUT2D eigenvalue weighted by Gasteiger charge is 2.27. The Morgan fingerprint density at radius 3 is 2.15 bits per heavy atom. The minimum Gasteiger partial charge on any atom is -0.478 e. The molecule has 1 N–H and O–H groups in total. The fraction of sp³-hybridized carbons (Fsp3) is 0.571. The minimum atomic E-state index is -1.04. The minimum absolute atomic E-state index is 0.125. The molecule has 1 aromatic rings. The Hall–Kier alpha value is -2.37. The molecule has 27 heavy (non-hydrogen) atoms. The molecule has 1 saturated heterocycles. The molecule has 0 spiro atoms. The molecule has 0 atom stereocenters. The van der Waals surface area contributed by atoms with E-state index in [2.05, 4.69) is 0 Å². The van der Waals surface area contributed by atoms with Gasteiger partial charge in [0.2, 0.25) is 5.91 Å². The van der Waals surface area contributed by atoms with Crippen molar-refractivity contribution < 1.29 is 19.5 Å². The maximum absolute atomic E-state index is 12.7. The van der Waals surface area contributed by atoms with Gasteiger partial charge in [-0.3, -0.25) is 9.59 Å². The summed E-state index contributed by atoms with van der Waals surface area (Å²) >= 11 is 0. The molecule has 1 aliphatic carbocycles. The highest BCUT2D eigenvalue weighted by atomic mass is 16.4. The number of carbonyl (C=O) groups is 3. The zero-order valence-electron chi connectivity index (χ0n) is 15.9. The lowest BCUT2D eigenvalue weighted by Gasteiger charge is -2.36. The van der Waals surface area contributed by atoms with Gasteiger partial charge in [0.1, 0.15) is 0 Å². The molecule has 1 aliphatic heterocycles. The Labute approximate surface area is 160 Å². The molecule has 146 valence electrons. The van der Waals surface area contributed by atoms with Crippen molar-refractivity contribution in [3.8, 4) is 0 Å². The van der Waals surface area contributed by atoms with Crippen molar-refractivity contribution in [2.75, 3.05) is 26.2 Å². The third-order valence-electron chi connectivity index (χ3n) is 5.68. The predicted molar refractivity (Wildman–Crippen MR) is 102 cm³/mol. The standard InChI is InChI=1S/C21H28N2O4/c1-15-11-17(14-18(12-15)21(26)27)20(25)23-9-7-22(8-10-23)19(24)13-16-5-3-2-4-6-16/h11-12,14,16H,2-10,13H2,1H3,(H,26,27). The first kappa shape index (κ1) is 19.4. The van der Waals surface area contributed by atoms with Gasteiger partial charge in [0.25, 0.3) is 5.91 Å². The first-order valence-electron chi connectivity index (χ1n) is 9.86. The van der Waals surface area contributed by atoms with Gasteiger partial charge in [-0.15, -0.1) is 0 Å². The van der Waals surface area contributed by atoms with Gasteiger partial charge in [-0.2, -0.15) is 0 Å². The van der Waals surface area contributed by atoms with Gasteiger partial charge >= 0.3 is 5.97 Å². The quantitative estimate of drug-likeness (QED) is 0.881. The zero-order valence-corrected chi connectivity index (χ0v) is 15.9. The van der Waals surface area contributed by atoms with Crippen LogP contribution in [0.15, 0.2) is 18.2 Å². The van der Waals surface area contributed by atoms with Crippen LogP contribution in [0.4, 0.5) is 0 Å². The first-order chi connectivity index (χ1) is 12.9. The lowest BCUT2D eigenvalue weighted by Crippen LogP contribution is -2.50. The Bertz CT molecular complexity index is 717. The van der Waals surface area contributed by atoms with Gasteiger partial charge in [-0.05, 0) is 49.4 Å². The summed E-state index contributed by atoms with van der Waals surface area (Å²) in [6, 6.07) is 4.70. The van der Waals surface area contributed by atoms with Crippen LogP contribution in [0.1, 0.15) is 64.8 Å². The molecule has 0 bridgehead atoms. The molecule has 3 rings (SSSR count). The van der Waals surface area contributed by atoms with E-state index in [0.717, 1.165) is 18.4 Å². The number of hydrogen-bond donors (Lipinski definition) is 1. The molecule has 0 radical (unpaired) electrons. The predicted octanol–water partition coefficient (Wildman–Crippen LogP) is 2.95. The van der Waals surface area contributed by atoms with E-state index in [9.17, 15) is 19.5 Å². The van der Waals surface area contributed by atoms with E-state index in [4.69, 9.17) is 0 Å². The van der Waals surface area contributed by atoms with Gasteiger partial charge in [0.15, 0.2) is 0 Å². The molecule has 6 nitrogen and oxygen atoms in total. The number of aromatic carboxylic acids is 1. The normalized spacial score (nSPS) is 18.4. The van der Waals surface area contributed by atoms with Crippen molar-refractivity contribution >= 4 is 17.8 Å². The van der Waals surface area contributed by atoms with E-state index in [-0.39, 0.29) is 17.4 Å². The topological polar surface area (TPSA) is 77.9 Å². The Morgan fingerprint density at radius 1 is 0.926 bits per heavy atom. The highest BCUT2D eigenvalue weighted by Crippen LogP contribution is 2.27. The highest BCUT2D eigenvalue weighted by molar-refractivity contribution is 5.98. The maximum atomic E-state index is 12.7. The number of benzene rings is 1. The second kappa shape index (κ2) is 8.55. The second-order valence-electron chi connectivity index (χ2n) is 7.77. The van der Waals surface area contributed by atoms with Crippen LogP contribution in [0.2, 0.25) is 0 Å². The van der Waals surface area contributed by atoms with Gasteiger partial charge in [0.05, 0.1) is 5.56 Å². The van der Waals surface area contributed by atoms with E-state index in [1.807, 2.05) is 4.90 Å². The van der Waals surface area contributed by atoms with Crippen LogP contribution in [0.25, 0.3) is 0 Å². The summed E-state index contributed by atoms with van der Waals surface area (Å²) in [4.78, 5) is 40.1. The molecule has 2 aliphatic rings. The molecule has 2 fully saturated rings. The smallest absolute Gasteiger partial charge is 0.335 e. The summed E-state index contributed by atoms with van der Waals surface area (Å²) in [6.45, 7) is 3.87. The number of hydrogen-bond acceptors (Lipinski definition) is 3. The Kier molecular flexibility index (Phi) is 6.14. The van der Waals surface area contributed by atoms with E-state index in [1.54, 1.807) is 24.0 Å². The lowest BCUT2D eigenvalue weighted by molar-refractivity contribution is -0.133. The van der Waals surface area contributed by atoms with Crippen LogP contribution in [0, 0.1) is 12.8 Å². The van der Waals surface area contributed by atoms with E-state index in [0.29, 0.717) is 44.1 Å². The van der Waals surface area contributed by atoms with Gasteiger partial charge in [0, 0.05) is 38.2 Å². The van der Waals surface area contributed by atoms with Crippen LogP contribution >= 0.6 is 0 Å². The summed E-state index contributed by atoms with van der Waals surface area (Å²) in [5.41, 5.74) is 1.27. The second-order valence-corrected chi connectivity index (χ2v) is 7.77. The fourth-order valence-corrected chi connectivity index (χ4v) is 4.14. The SMILES string of the molecule is Cc1cc(C(=O)O)cc(C(=O)N2CCN(C(=O)CC3CCCCC3)CC2)c1. The number of amides is 2. The maximum Gasteiger partial charge on any atom is 0.335 e. The van der Waals surface area contributed by atoms with Gasteiger partial charge in [-0.25, -0.2) is 4.79 Å². The number of carbonyl (C=O) groups excluding carboxylic acids is 2. The van der Waals surface area contributed by atoms with Crippen molar-refractivity contribution in [1.82, 2.24) is 9.80 Å². The molecular formula is C21H28N2O4. The molecule has 1 heterocycles. The third kappa shape index (κ3) is 4.87. The van der Waals surface area contributed by atoms with Gasteiger partial charge < -0.3 is 14.9 Å². The number of rotatable bonds is 4. The monoisotopic (exact) mass is 372 g/mol. The largest absolute Gasteiger partial charge is 0.478 e. The fourth-order valence-electron chi connectivity index (χ4n) is 4.14. The number of carboxylic acid groups (broad SMARTS) is 1. The summed E-state index contributed by atoms with van der Waals surface area (Å²) < 4.78 is 0. The Morgan fingerprint density at radius 2 is 1.52 bits per heavy atom. The van der Waals surface area contributed by atoms with E-state index < -0.39 is 5.97 Å². The number of aryl methyl sites for hydroxylation is 1. The van der Waals surface area contributed by atoms with E-state index >= 15 is 0 Å². The van der Waals surface area contributed by atoms with Crippen LogP contribution in [-0.2, 0) is 4.79 Å². The number of piperazine rings is 1. The average Bonchev–Trinajstić information content (AvgIpc) is 2.67. The van der Waals surface area contributed by atoms with Gasteiger partial charge in [-0.1, -0.05) is 19.3 Å². The molecule has 1 aromatic carbocycles. The summed E-state index contributed by atoms with van der Waals surface area (Å²) in [6.07, 6.45) is 6.69. The first-order valence-corrected chi connectivity index (χ1v) is 9.86. The van der Waals surface area contributed by atoms with Crippen LogP contribution in [0.3, 0.4) is 0 Å². The molecule has 2 amide bonds. The van der Waals surface area contributed by atoms with Crippen LogP contribution in [0.5, 0.6) is 0 Å². The zero-order chi connectivity index (χ0) is 19.4. The Balaban J connectivity index is 1.56. The van der Waals surface area contributed by atoms with Crippen LogP contribution in [-0.4, -0.2) is 58.9 Å². The van der Waals surface area contributed by atoms with Crippen molar-refractivity contribution in [2.45, 2.75) is 45.4 Å². The third-order valence-corrected chi connectivity index (χ3v) is 5.68. The molecule has 0 unspecified atom stereocenters. The number of nitrogens with zero attached hydrogens (tertiary/aromatic N) is 2. The van der Waals surface area contributed by atoms with Crippen molar-refractivity contribution in [3.05, 3.63) is 34.9 Å². The van der Waals surface area contributed by atoms with Crippen molar-refractivity contribution in [3.63, 3.8) is 0 Å². The number of carboxylic acids is 1. The summed E-state index contributed by atoms with van der Waals surface area (Å²) in [5.74, 6) is -0.475. The average molecular weight is 372 g/mol. The van der Waals surface area contributed by atoms with Crippen molar-refractivity contribution in [2.24, 2.45) is 5.92 Å². The molecule has 6 heteroatoms. The molecular weight excluding hydrogens is 344 g/mol. The van der Waals surface area contributed by atoms with E-state index in [1.165, 1.54) is 25.3 Å². The lowest BCUT2D eigenvalue weighted by atomic mass is 9.86. The molecule has 0 aromatic heterocycles. The van der Waals surface area contributed by atoms with Crippen LogP contribution < -0.4 is 0 Å². The summed E-state index contributed by atoms with van der Waals surface area (Å²) in [7, 11) is 0. The summed E-state index contributed by atoms with van der Waals surface area (Å²) in [5, 5.41) is 9.19.